The van der Waals surface area contributed by atoms with Crippen LogP contribution < -0.4 is 0 Å². The summed E-state index contributed by atoms with van der Waals surface area (Å²) < 4.78 is 5.46. The Morgan fingerprint density at radius 2 is 2.05 bits per heavy atom. The number of aldehydes is 1. The number of hydrogen-bond donors (Lipinski definition) is 0. The number of nitrogens with zero attached hydrogens (tertiary/aromatic N) is 1. The molecule has 2 aliphatic rings. The van der Waals surface area contributed by atoms with Gasteiger partial charge in [-0.15, -0.1) is 0 Å². The second-order valence-corrected chi connectivity index (χ2v) is 5.65. The fourth-order valence-electron chi connectivity index (χ4n) is 2.75. The van der Waals surface area contributed by atoms with E-state index in [1.165, 1.54) is 0 Å². The number of hydrogen-bond acceptors (Lipinski definition) is 3. The van der Waals surface area contributed by atoms with Gasteiger partial charge in [0.25, 0.3) is 0 Å². The van der Waals surface area contributed by atoms with E-state index in [2.05, 4.69) is 0 Å². The van der Waals surface area contributed by atoms with Gasteiger partial charge in [-0.05, 0) is 30.7 Å². The molecular weight excluding hydrogens is 254 g/mol. The van der Waals surface area contributed by atoms with E-state index >= 15 is 0 Å². The van der Waals surface area contributed by atoms with Gasteiger partial charge in [-0.3, -0.25) is 9.59 Å². The molecule has 106 valence electrons. The molecule has 2 unspecified atom stereocenters. The van der Waals surface area contributed by atoms with Gasteiger partial charge >= 0.3 is 0 Å². The molecule has 0 N–H and O–H groups in total. The molecule has 0 aromatic heterocycles. The predicted octanol–water partition coefficient (Wildman–Crippen LogP) is 1.78. The third-order valence-electron chi connectivity index (χ3n) is 4.01. The first-order valence-electron chi connectivity index (χ1n) is 7.20. The molecule has 1 saturated heterocycles. The standard InChI is InChI=1S/C16H19NO3/c18-10-16-17(15(19)9-13-6-7-13)14(11-20-16)8-12-4-2-1-3-5-12/h1-5,10,13-14,16H,6-9,11H2. The number of rotatable bonds is 5. The Balaban J connectivity index is 1.71. The Morgan fingerprint density at radius 3 is 2.70 bits per heavy atom. The molecule has 1 aliphatic heterocycles. The molecule has 1 heterocycles. The largest absolute Gasteiger partial charge is 0.349 e. The van der Waals surface area contributed by atoms with Crippen LogP contribution in [0.4, 0.5) is 0 Å². The summed E-state index contributed by atoms with van der Waals surface area (Å²) >= 11 is 0. The van der Waals surface area contributed by atoms with Crippen LogP contribution in [0.25, 0.3) is 0 Å². The predicted molar refractivity (Wildman–Crippen MR) is 73.9 cm³/mol. The molecule has 3 rings (SSSR count). The molecule has 20 heavy (non-hydrogen) atoms. The lowest BCUT2D eigenvalue weighted by Gasteiger charge is -2.25. The second-order valence-electron chi connectivity index (χ2n) is 5.65. The number of ether oxygens (including phenoxy) is 1. The number of carbonyl (C=O) groups is 2. The van der Waals surface area contributed by atoms with Crippen molar-refractivity contribution in [1.82, 2.24) is 4.90 Å². The number of carbonyl (C=O) groups excluding carboxylic acids is 2. The van der Waals surface area contributed by atoms with Crippen molar-refractivity contribution in [3.63, 3.8) is 0 Å². The molecule has 0 bridgehead atoms. The topological polar surface area (TPSA) is 46.6 Å². The summed E-state index contributed by atoms with van der Waals surface area (Å²) in [6, 6.07) is 9.99. The fraction of sp³-hybridized carbons (Fsp3) is 0.500. The van der Waals surface area contributed by atoms with Gasteiger partial charge in [0, 0.05) is 6.42 Å². The first-order valence-corrected chi connectivity index (χ1v) is 7.20. The van der Waals surface area contributed by atoms with Gasteiger partial charge < -0.3 is 9.64 Å². The van der Waals surface area contributed by atoms with Gasteiger partial charge in [-0.25, -0.2) is 0 Å². The maximum absolute atomic E-state index is 12.4. The zero-order valence-corrected chi connectivity index (χ0v) is 11.4. The van der Waals surface area contributed by atoms with Crippen molar-refractivity contribution in [2.45, 2.75) is 38.0 Å². The Morgan fingerprint density at radius 1 is 1.30 bits per heavy atom. The van der Waals surface area contributed by atoms with Crippen molar-refractivity contribution in [2.75, 3.05) is 6.61 Å². The summed E-state index contributed by atoms with van der Waals surface area (Å²) in [5.41, 5.74) is 1.16. The second kappa shape index (κ2) is 5.75. The highest BCUT2D eigenvalue weighted by atomic mass is 16.5. The van der Waals surface area contributed by atoms with E-state index in [1.807, 2.05) is 30.3 Å². The minimum absolute atomic E-state index is 0.0288. The normalized spacial score (nSPS) is 25.7. The molecule has 4 nitrogen and oxygen atoms in total. The van der Waals surface area contributed by atoms with E-state index in [-0.39, 0.29) is 11.9 Å². The third-order valence-corrected chi connectivity index (χ3v) is 4.01. The Hall–Kier alpha value is -1.68. The van der Waals surface area contributed by atoms with Crippen LogP contribution >= 0.6 is 0 Å². The van der Waals surface area contributed by atoms with Crippen molar-refractivity contribution in [1.29, 1.82) is 0 Å². The quantitative estimate of drug-likeness (QED) is 0.768. The van der Waals surface area contributed by atoms with Gasteiger partial charge in [0.05, 0.1) is 12.6 Å². The molecule has 1 saturated carbocycles. The monoisotopic (exact) mass is 273 g/mol. The van der Waals surface area contributed by atoms with Crippen LogP contribution in [0.3, 0.4) is 0 Å². The highest BCUT2D eigenvalue weighted by Crippen LogP contribution is 2.34. The first kappa shape index (κ1) is 13.3. The molecule has 1 aliphatic carbocycles. The molecule has 1 amide bonds. The van der Waals surface area contributed by atoms with Crippen LogP contribution in [-0.4, -0.2) is 36.0 Å². The Labute approximate surface area is 118 Å². The lowest BCUT2D eigenvalue weighted by Crippen LogP contribution is -2.43. The molecule has 1 aromatic rings. The van der Waals surface area contributed by atoms with Crippen LogP contribution in [0, 0.1) is 5.92 Å². The smallest absolute Gasteiger partial charge is 0.225 e. The van der Waals surface area contributed by atoms with Crippen molar-refractivity contribution in [2.24, 2.45) is 5.92 Å². The SMILES string of the molecule is O=CC1OCC(Cc2ccccc2)N1C(=O)CC1CC1. The van der Waals surface area contributed by atoms with E-state index in [9.17, 15) is 9.59 Å². The molecule has 1 aromatic carbocycles. The minimum Gasteiger partial charge on any atom is -0.349 e. The third kappa shape index (κ3) is 2.90. The lowest BCUT2D eigenvalue weighted by atomic mass is 10.1. The average molecular weight is 273 g/mol. The van der Waals surface area contributed by atoms with E-state index in [0.29, 0.717) is 18.9 Å². The maximum atomic E-state index is 12.4. The maximum Gasteiger partial charge on any atom is 0.225 e. The van der Waals surface area contributed by atoms with E-state index in [1.54, 1.807) is 4.90 Å². The minimum atomic E-state index is -0.699. The van der Waals surface area contributed by atoms with Gasteiger partial charge in [0.15, 0.2) is 12.5 Å². The first-order chi connectivity index (χ1) is 9.78. The van der Waals surface area contributed by atoms with Crippen molar-refractivity contribution >= 4 is 12.2 Å². The lowest BCUT2D eigenvalue weighted by molar-refractivity contribution is -0.142. The van der Waals surface area contributed by atoms with E-state index in [0.717, 1.165) is 31.1 Å². The van der Waals surface area contributed by atoms with Crippen LogP contribution in [0.1, 0.15) is 24.8 Å². The summed E-state index contributed by atoms with van der Waals surface area (Å²) in [6.07, 6.45) is 3.59. The molecule has 2 atom stereocenters. The highest BCUT2D eigenvalue weighted by Gasteiger charge is 2.39. The van der Waals surface area contributed by atoms with Crippen molar-refractivity contribution in [3.8, 4) is 0 Å². The van der Waals surface area contributed by atoms with Crippen LogP contribution in [0.5, 0.6) is 0 Å². The van der Waals surface area contributed by atoms with E-state index in [4.69, 9.17) is 4.74 Å². The Bertz CT molecular complexity index is 484. The highest BCUT2D eigenvalue weighted by molar-refractivity contribution is 5.80. The summed E-state index contributed by atoms with van der Waals surface area (Å²) in [5, 5.41) is 0. The number of benzene rings is 1. The van der Waals surface area contributed by atoms with Gasteiger partial charge in [0.2, 0.25) is 5.91 Å². The summed E-state index contributed by atoms with van der Waals surface area (Å²) in [6.45, 7) is 0.439. The zero-order valence-electron chi connectivity index (χ0n) is 11.4. The summed E-state index contributed by atoms with van der Waals surface area (Å²) in [5.74, 6) is 0.579. The molecule has 0 spiro atoms. The van der Waals surface area contributed by atoms with Crippen molar-refractivity contribution in [3.05, 3.63) is 35.9 Å². The molecule has 4 heteroatoms. The van der Waals surface area contributed by atoms with Crippen molar-refractivity contribution < 1.29 is 14.3 Å². The van der Waals surface area contributed by atoms with Gasteiger partial charge in [0.1, 0.15) is 0 Å². The average Bonchev–Trinajstić information content (AvgIpc) is 3.18. The van der Waals surface area contributed by atoms with Crippen LogP contribution in [0.15, 0.2) is 30.3 Å². The van der Waals surface area contributed by atoms with Crippen LogP contribution in [-0.2, 0) is 20.7 Å². The Kier molecular flexibility index (Phi) is 3.83. The molecular formula is C16H19NO3. The van der Waals surface area contributed by atoms with Gasteiger partial charge in [-0.1, -0.05) is 30.3 Å². The van der Waals surface area contributed by atoms with Gasteiger partial charge in [-0.2, -0.15) is 0 Å². The number of amides is 1. The summed E-state index contributed by atoms with van der Waals surface area (Å²) in [7, 11) is 0. The zero-order chi connectivity index (χ0) is 13.9. The molecule has 2 fully saturated rings. The van der Waals surface area contributed by atoms with E-state index < -0.39 is 6.23 Å². The van der Waals surface area contributed by atoms with Crippen LogP contribution in [0.2, 0.25) is 0 Å². The summed E-state index contributed by atoms with van der Waals surface area (Å²) in [4.78, 5) is 25.1. The fourth-order valence-corrected chi connectivity index (χ4v) is 2.75. The molecule has 0 radical (unpaired) electrons.